The van der Waals surface area contributed by atoms with Crippen LogP contribution >= 0.6 is 11.3 Å². The first kappa shape index (κ1) is 15.4. The molecule has 0 radical (unpaired) electrons. The molecule has 0 spiro atoms. The summed E-state index contributed by atoms with van der Waals surface area (Å²) < 4.78 is 0. The van der Waals surface area contributed by atoms with Gasteiger partial charge in [0.2, 0.25) is 5.13 Å². The van der Waals surface area contributed by atoms with Gasteiger partial charge in [-0.15, -0.1) is 10.2 Å². The normalized spacial score (nSPS) is 20.2. The molecular formula is C17H21N5OS. The third kappa shape index (κ3) is 3.67. The van der Waals surface area contributed by atoms with Crippen molar-refractivity contribution in [3.63, 3.8) is 0 Å². The number of hydrogen-bond donors (Lipinski definition) is 2. The predicted molar refractivity (Wildman–Crippen MR) is 95.7 cm³/mol. The van der Waals surface area contributed by atoms with Gasteiger partial charge in [-0.3, -0.25) is 5.32 Å². The molecular weight excluding hydrogens is 322 g/mol. The molecule has 2 fully saturated rings. The van der Waals surface area contributed by atoms with Gasteiger partial charge in [0.1, 0.15) is 5.01 Å². The molecule has 6 nitrogen and oxygen atoms in total. The van der Waals surface area contributed by atoms with Crippen LogP contribution in [0.3, 0.4) is 0 Å². The van der Waals surface area contributed by atoms with Crippen LogP contribution in [0, 0.1) is 5.92 Å². The number of carbonyl (C=O) groups is 1. The summed E-state index contributed by atoms with van der Waals surface area (Å²) >= 11 is 1.49. The zero-order valence-corrected chi connectivity index (χ0v) is 14.3. The molecule has 1 aliphatic heterocycles. The Kier molecular flexibility index (Phi) is 4.34. The third-order valence-electron chi connectivity index (χ3n) is 4.55. The van der Waals surface area contributed by atoms with E-state index in [0.717, 1.165) is 24.5 Å². The number of anilines is 2. The van der Waals surface area contributed by atoms with E-state index in [1.807, 2.05) is 6.07 Å². The minimum atomic E-state index is -0.188. The van der Waals surface area contributed by atoms with E-state index in [9.17, 15) is 4.79 Å². The molecule has 2 heterocycles. The molecule has 126 valence electrons. The summed E-state index contributed by atoms with van der Waals surface area (Å²) in [5.74, 6) is 1.05. The van der Waals surface area contributed by atoms with Crippen LogP contribution in [0.25, 0.3) is 0 Å². The lowest BCUT2D eigenvalue weighted by Gasteiger charge is -2.18. The van der Waals surface area contributed by atoms with E-state index in [-0.39, 0.29) is 6.03 Å². The number of benzene rings is 1. The molecule has 24 heavy (non-hydrogen) atoms. The van der Waals surface area contributed by atoms with Crippen molar-refractivity contribution in [2.75, 3.05) is 29.9 Å². The fourth-order valence-corrected chi connectivity index (χ4v) is 3.94. The molecule has 2 aromatic rings. The summed E-state index contributed by atoms with van der Waals surface area (Å²) in [4.78, 5) is 14.4. The first-order chi connectivity index (χ1) is 11.8. The van der Waals surface area contributed by atoms with Crippen molar-refractivity contribution >= 4 is 28.2 Å². The van der Waals surface area contributed by atoms with E-state index in [2.05, 4.69) is 50.0 Å². The van der Waals surface area contributed by atoms with Gasteiger partial charge in [0, 0.05) is 31.2 Å². The number of hydrogen-bond acceptors (Lipinski definition) is 5. The highest BCUT2D eigenvalue weighted by Crippen LogP contribution is 2.42. The number of para-hydroxylation sites is 1. The van der Waals surface area contributed by atoms with Crippen LogP contribution in [0.15, 0.2) is 30.3 Å². The van der Waals surface area contributed by atoms with Crippen LogP contribution in [0.2, 0.25) is 0 Å². The van der Waals surface area contributed by atoms with E-state index >= 15 is 0 Å². The monoisotopic (exact) mass is 343 g/mol. The van der Waals surface area contributed by atoms with E-state index in [4.69, 9.17) is 0 Å². The number of aromatic nitrogens is 2. The lowest BCUT2D eigenvalue weighted by molar-refractivity contribution is 0.250. The second kappa shape index (κ2) is 6.76. The third-order valence-corrected chi connectivity index (χ3v) is 5.55. The number of amides is 2. The van der Waals surface area contributed by atoms with Crippen molar-refractivity contribution in [3.8, 4) is 0 Å². The quantitative estimate of drug-likeness (QED) is 0.875. The van der Waals surface area contributed by atoms with Crippen molar-refractivity contribution in [2.24, 2.45) is 5.92 Å². The van der Waals surface area contributed by atoms with Gasteiger partial charge in [-0.25, -0.2) is 4.79 Å². The fourth-order valence-electron chi connectivity index (χ4n) is 3.03. The molecule has 1 atom stereocenters. The fraction of sp³-hybridized carbons (Fsp3) is 0.471. The van der Waals surface area contributed by atoms with Gasteiger partial charge in [-0.05, 0) is 37.3 Å². The van der Waals surface area contributed by atoms with Gasteiger partial charge in [-0.1, -0.05) is 29.5 Å². The molecule has 1 saturated heterocycles. The zero-order chi connectivity index (χ0) is 16.4. The average Bonchev–Trinajstić information content (AvgIpc) is 3.17. The van der Waals surface area contributed by atoms with Crippen molar-refractivity contribution in [2.45, 2.75) is 25.2 Å². The number of nitrogens with zero attached hydrogens (tertiary/aromatic N) is 3. The summed E-state index contributed by atoms with van der Waals surface area (Å²) in [6, 6.07) is 10.2. The SMILES string of the molecule is O=C(NCC1CCN(c2ccccc2)C1)Nc1nnc(C2CC2)s1. The maximum absolute atomic E-state index is 12.0. The maximum Gasteiger partial charge on any atom is 0.321 e. The summed E-state index contributed by atoms with van der Waals surface area (Å²) in [5.41, 5.74) is 1.26. The van der Waals surface area contributed by atoms with Crippen molar-refractivity contribution < 1.29 is 4.79 Å². The Hall–Kier alpha value is -2.15. The second-order valence-electron chi connectivity index (χ2n) is 6.49. The zero-order valence-electron chi connectivity index (χ0n) is 13.4. The molecule has 4 rings (SSSR count). The Balaban J connectivity index is 1.22. The minimum absolute atomic E-state index is 0.188. The molecule has 1 unspecified atom stereocenters. The van der Waals surface area contributed by atoms with Gasteiger partial charge in [0.05, 0.1) is 0 Å². The van der Waals surface area contributed by atoms with Gasteiger partial charge >= 0.3 is 6.03 Å². The van der Waals surface area contributed by atoms with E-state index < -0.39 is 0 Å². The van der Waals surface area contributed by atoms with E-state index in [1.165, 1.54) is 29.9 Å². The van der Waals surface area contributed by atoms with Crippen LogP contribution in [-0.2, 0) is 0 Å². The topological polar surface area (TPSA) is 70.2 Å². The highest BCUT2D eigenvalue weighted by atomic mass is 32.1. The Morgan fingerprint density at radius 2 is 2.04 bits per heavy atom. The molecule has 7 heteroatoms. The largest absolute Gasteiger partial charge is 0.371 e. The van der Waals surface area contributed by atoms with Gasteiger partial charge in [0.15, 0.2) is 0 Å². The van der Waals surface area contributed by atoms with Crippen molar-refractivity contribution in [3.05, 3.63) is 35.3 Å². The highest BCUT2D eigenvalue weighted by Gasteiger charge is 2.28. The molecule has 0 bridgehead atoms. The van der Waals surface area contributed by atoms with E-state index in [0.29, 0.717) is 23.5 Å². The van der Waals surface area contributed by atoms with Crippen LogP contribution in [-0.4, -0.2) is 35.9 Å². The Bertz CT molecular complexity index is 700. The smallest absolute Gasteiger partial charge is 0.321 e. The van der Waals surface area contributed by atoms with Crippen molar-refractivity contribution in [1.82, 2.24) is 15.5 Å². The molecule has 2 N–H and O–H groups in total. The van der Waals surface area contributed by atoms with Gasteiger partial charge < -0.3 is 10.2 Å². The number of carbonyl (C=O) groups excluding carboxylic acids is 1. The Morgan fingerprint density at radius 3 is 2.83 bits per heavy atom. The molecule has 2 aliphatic rings. The molecule has 1 aromatic carbocycles. The second-order valence-corrected chi connectivity index (χ2v) is 7.50. The first-order valence-electron chi connectivity index (χ1n) is 8.46. The van der Waals surface area contributed by atoms with Crippen LogP contribution in [0.5, 0.6) is 0 Å². The average molecular weight is 343 g/mol. The van der Waals surface area contributed by atoms with Crippen LogP contribution in [0.4, 0.5) is 15.6 Å². The standard InChI is InChI=1S/C17H21N5OS/c23-16(19-17-21-20-15(24-17)13-6-7-13)18-10-12-8-9-22(11-12)14-4-2-1-3-5-14/h1-5,12-13H,6-11H2,(H2,18,19,21,23). The summed E-state index contributed by atoms with van der Waals surface area (Å²) in [6.45, 7) is 2.71. The molecule has 1 saturated carbocycles. The summed E-state index contributed by atoms with van der Waals surface area (Å²) in [5, 5.41) is 15.6. The number of rotatable bonds is 5. The lowest BCUT2D eigenvalue weighted by atomic mass is 10.1. The van der Waals surface area contributed by atoms with Crippen molar-refractivity contribution in [1.29, 1.82) is 0 Å². The van der Waals surface area contributed by atoms with E-state index in [1.54, 1.807) is 0 Å². The number of nitrogens with one attached hydrogen (secondary N) is 2. The Morgan fingerprint density at radius 1 is 1.21 bits per heavy atom. The molecule has 2 amide bonds. The van der Waals surface area contributed by atoms with Crippen LogP contribution < -0.4 is 15.5 Å². The van der Waals surface area contributed by atoms with Crippen LogP contribution in [0.1, 0.15) is 30.2 Å². The Labute approximate surface area is 145 Å². The van der Waals surface area contributed by atoms with Gasteiger partial charge in [-0.2, -0.15) is 0 Å². The molecule has 1 aliphatic carbocycles. The van der Waals surface area contributed by atoms with Gasteiger partial charge in [0.25, 0.3) is 0 Å². The number of urea groups is 1. The highest BCUT2D eigenvalue weighted by molar-refractivity contribution is 7.15. The first-order valence-corrected chi connectivity index (χ1v) is 9.28. The lowest BCUT2D eigenvalue weighted by Crippen LogP contribution is -2.34. The minimum Gasteiger partial charge on any atom is -0.371 e. The molecule has 1 aromatic heterocycles. The maximum atomic E-state index is 12.0. The summed E-state index contributed by atoms with van der Waals surface area (Å²) in [6.07, 6.45) is 3.49. The summed E-state index contributed by atoms with van der Waals surface area (Å²) in [7, 11) is 0. The predicted octanol–water partition coefficient (Wildman–Crippen LogP) is 3.06.